The molecular weight excluding hydrogens is 242 g/mol. The third-order valence-corrected chi connectivity index (χ3v) is 3.90. The summed E-state index contributed by atoms with van der Waals surface area (Å²) < 4.78 is 0. The SMILES string of the molecule is Cc1cccc(NCc2ccc3ccccc3c2)c1C. The number of nitrogens with one attached hydrogen (secondary N) is 1. The van der Waals surface area contributed by atoms with Crippen molar-refractivity contribution in [3.63, 3.8) is 0 Å². The van der Waals surface area contributed by atoms with E-state index in [1.54, 1.807) is 0 Å². The monoisotopic (exact) mass is 261 g/mol. The second-order valence-electron chi connectivity index (χ2n) is 5.28. The Bertz CT molecular complexity index is 744. The van der Waals surface area contributed by atoms with Gasteiger partial charge in [-0.3, -0.25) is 0 Å². The highest BCUT2D eigenvalue weighted by atomic mass is 14.9. The van der Waals surface area contributed by atoms with Gasteiger partial charge < -0.3 is 5.32 Å². The summed E-state index contributed by atoms with van der Waals surface area (Å²) in [5.41, 5.74) is 5.18. The molecule has 3 aromatic rings. The highest BCUT2D eigenvalue weighted by molar-refractivity contribution is 5.83. The zero-order chi connectivity index (χ0) is 13.9. The van der Waals surface area contributed by atoms with Crippen LogP contribution in [0.25, 0.3) is 10.8 Å². The lowest BCUT2D eigenvalue weighted by atomic mass is 10.1. The average molecular weight is 261 g/mol. The van der Waals surface area contributed by atoms with Crippen molar-refractivity contribution in [2.24, 2.45) is 0 Å². The molecule has 0 saturated heterocycles. The molecule has 1 N–H and O–H groups in total. The van der Waals surface area contributed by atoms with Gasteiger partial charge in [-0.25, -0.2) is 0 Å². The van der Waals surface area contributed by atoms with Crippen molar-refractivity contribution in [3.8, 4) is 0 Å². The minimum Gasteiger partial charge on any atom is -0.381 e. The quantitative estimate of drug-likeness (QED) is 0.694. The average Bonchev–Trinajstić information content (AvgIpc) is 2.48. The first-order valence-electron chi connectivity index (χ1n) is 7.02. The van der Waals surface area contributed by atoms with Crippen LogP contribution in [-0.4, -0.2) is 0 Å². The maximum absolute atomic E-state index is 3.53. The van der Waals surface area contributed by atoms with Crippen molar-refractivity contribution in [1.29, 1.82) is 0 Å². The number of rotatable bonds is 3. The fraction of sp³-hybridized carbons (Fsp3) is 0.158. The van der Waals surface area contributed by atoms with E-state index in [4.69, 9.17) is 0 Å². The Labute approximate surface area is 120 Å². The van der Waals surface area contributed by atoms with Crippen LogP contribution in [0.4, 0.5) is 5.69 Å². The Morgan fingerprint density at radius 1 is 0.800 bits per heavy atom. The number of fused-ring (bicyclic) bond motifs is 1. The second kappa shape index (κ2) is 5.38. The summed E-state index contributed by atoms with van der Waals surface area (Å²) >= 11 is 0. The van der Waals surface area contributed by atoms with E-state index >= 15 is 0 Å². The van der Waals surface area contributed by atoms with Crippen molar-refractivity contribution in [3.05, 3.63) is 77.4 Å². The normalized spacial score (nSPS) is 10.7. The number of aryl methyl sites for hydroxylation is 1. The third-order valence-electron chi connectivity index (χ3n) is 3.90. The predicted molar refractivity (Wildman–Crippen MR) is 87.2 cm³/mol. The molecule has 0 aliphatic rings. The summed E-state index contributed by atoms with van der Waals surface area (Å²) in [6.07, 6.45) is 0. The molecule has 0 saturated carbocycles. The van der Waals surface area contributed by atoms with Gasteiger partial charge >= 0.3 is 0 Å². The number of benzene rings is 3. The molecule has 0 atom stereocenters. The highest BCUT2D eigenvalue weighted by Crippen LogP contribution is 2.20. The molecule has 0 radical (unpaired) electrons. The van der Waals surface area contributed by atoms with Gasteiger partial charge in [0.15, 0.2) is 0 Å². The van der Waals surface area contributed by atoms with Crippen LogP contribution in [-0.2, 0) is 6.54 Å². The standard InChI is InChI=1S/C19H19N/c1-14-6-5-9-19(15(14)2)20-13-16-10-11-17-7-3-4-8-18(17)12-16/h3-12,20H,13H2,1-2H3. The zero-order valence-electron chi connectivity index (χ0n) is 12.0. The van der Waals surface area contributed by atoms with Crippen LogP contribution in [0.15, 0.2) is 60.7 Å². The van der Waals surface area contributed by atoms with E-state index in [1.165, 1.54) is 33.2 Å². The summed E-state index contributed by atoms with van der Waals surface area (Å²) in [7, 11) is 0. The van der Waals surface area contributed by atoms with E-state index in [0.717, 1.165) is 6.54 Å². The van der Waals surface area contributed by atoms with Gasteiger partial charge in [0.1, 0.15) is 0 Å². The van der Waals surface area contributed by atoms with E-state index in [1.807, 2.05) is 0 Å². The molecule has 3 rings (SSSR count). The first kappa shape index (κ1) is 12.7. The van der Waals surface area contributed by atoms with E-state index in [0.29, 0.717) is 0 Å². The molecule has 0 fully saturated rings. The summed E-state index contributed by atoms with van der Waals surface area (Å²) in [5.74, 6) is 0. The number of anilines is 1. The van der Waals surface area contributed by atoms with Gasteiger partial charge in [-0.05, 0) is 53.4 Å². The summed E-state index contributed by atoms with van der Waals surface area (Å²) in [6.45, 7) is 5.17. The molecule has 0 amide bonds. The van der Waals surface area contributed by atoms with Gasteiger partial charge in [-0.2, -0.15) is 0 Å². The Morgan fingerprint density at radius 2 is 1.60 bits per heavy atom. The predicted octanol–water partition coefficient (Wildman–Crippen LogP) is 5.07. The van der Waals surface area contributed by atoms with Gasteiger partial charge in [0, 0.05) is 12.2 Å². The maximum atomic E-state index is 3.53. The van der Waals surface area contributed by atoms with Gasteiger partial charge in [-0.15, -0.1) is 0 Å². The van der Waals surface area contributed by atoms with Crippen LogP contribution in [0.1, 0.15) is 16.7 Å². The van der Waals surface area contributed by atoms with Crippen LogP contribution in [0.5, 0.6) is 0 Å². The Balaban J connectivity index is 1.81. The summed E-state index contributed by atoms with van der Waals surface area (Å²) in [5, 5.41) is 6.13. The molecule has 1 nitrogen and oxygen atoms in total. The van der Waals surface area contributed by atoms with E-state index in [2.05, 4.69) is 79.8 Å². The smallest absolute Gasteiger partial charge is 0.0401 e. The molecule has 0 aliphatic heterocycles. The minimum absolute atomic E-state index is 0.856. The fourth-order valence-electron chi connectivity index (χ4n) is 2.49. The number of hydrogen-bond donors (Lipinski definition) is 1. The molecule has 100 valence electrons. The van der Waals surface area contributed by atoms with Gasteiger partial charge in [0.25, 0.3) is 0 Å². The molecule has 0 bridgehead atoms. The van der Waals surface area contributed by atoms with Gasteiger partial charge in [0.05, 0.1) is 0 Å². The first-order chi connectivity index (χ1) is 9.74. The molecule has 3 aromatic carbocycles. The van der Waals surface area contributed by atoms with Crippen LogP contribution in [0, 0.1) is 13.8 Å². The largest absolute Gasteiger partial charge is 0.381 e. The number of hydrogen-bond acceptors (Lipinski definition) is 1. The lowest BCUT2D eigenvalue weighted by molar-refractivity contribution is 1.14. The van der Waals surface area contributed by atoms with Crippen LogP contribution in [0.3, 0.4) is 0 Å². The zero-order valence-corrected chi connectivity index (χ0v) is 12.0. The molecular formula is C19H19N. The molecule has 0 spiro atoms. The molecule has 20 heavy (non-hydrogen) atoms. The minimum atomic E-state index is 0.856. The molecule has 1 heteroatoms. The van der Waals surface area contributed by atoms with Crippen molar-refractivity contribution in [2.45, 2.75) is 20.4 Å². The fourth-order valence-corrected chi connectivity index (χ4v) is 2.49. The molecule has 0 aliphatic carbocycles. The van der Waals surface area contributed by atoms with Crippen molar-refractivity contribution >= 4 is 16.5 Å². The topological polar surface area (TPSA) is 12.0 Å². The van der Waals surface area contributed by atoms with Crippen molar-refractivity contribution < 1.29 is 0 Å². The Kier molecular flexibility index (Phi) is 3.42. The van der Waals surface area contributed by atoms with E-state index in [-0.39, 0.29) is 0 Å². The first-order valence-corrected chi connectivity index (χ1v) is 7.02. The third kappa shape index (κ3) is 2.53. The maximum Gasteiger partial charge on any atom is 0.0401 e. The lowest BCUT2D eigenvalue weighted by Gasteiger charge is -2.12. The van der Waals surface area contributed by atoms with E-state index < -0.39 is 0 Å². The van der Waals surface area contributed by atoms with E-state index in [9.17, 15) is 0 Å². The summed E-state index contributed by atoms with van der Waals surface area (Å²) in [6, 6.07) is 21.5. The molecule has 0 heterocycles. The molecule has 0 aromatic heterocycles. The van der Waals surface area contributed by atoms with Crippen LogP contribution >= 0.6 is 0 Å². The second-order valence-corrected chi connectivity index (χ2v) is 5.28. The van der Waals surface area contributed by atoms with Crippen LogP contribution in [0.2, 0.25) is 0 Å². The Hall–Kier alpha value is -2.28. The van der Waals surface area contributed by atoms with Crippen LogP contribution < -0.4 is 5.32 Å². The highest BCUT2D eigenvalue weighted by Gasteiger charge is 2.01. The van der Waals surface area contributed by atoms with Crippen molar-refractivity contribution in [1.82, 2.24) is 0 Å². The molecule has 0 unspecified atom stereocenters. The van der Waals surface area contributed by atoms with Gasteiger partial charge in [-0.1, -0.05) is 48.5 Å². The summed E-state index contributed by atoms with van der Waals surface area (Å²) in [4.78, 5) is 0. The Morgan fingerprint density at radius 3 is 2.45 bits per heavy atom. The lowest BCUT2D eigenvalue weighted by Crippen LogP contribution is -2.01. The van der Waals surface area contributed by atoms with Crippen molar-refractivity contribution in [2.75, 3.05) is 5.32 Å². The van der Waals surface area contributed by atoms with Gasteiger partial charge in [0.2, 0.25) is 0 Å².